The zero-order chi connectivity index (χ0) is 16.0. The van der Waals surface area contributed by atoms with E-state index in [1.807, 2.05) is 6.07 Å². The second kappa shape index (κ2) is 7.50. The predicted molar refractivity (Wildman–Crippen MR) is 76.7 cm³/mol. The Morgan fingerprint density at radius 3 is 2.33 bits per heavy atom. The van der Waals surface area contributed by atoms with Gasteiger partial charge in [-0.05, 0) is 37.1 Å². The highest BCUT2D eigenvalue weighted by molar-refractivity contribution is 7.89. The standard InChI is InChI=1S/C14H19FN2O3S/c1-11-9-13(15)10-12(2)14(11)21(18,19)17(6-4-5-16)7-8-20-3/h9-10H,4,6-8H2,1-3H3. The van der Waals surface area contributed by atoms with Crippen molar-refractivity contribution in [3.63, 3.8) is 0 Å². The van der Waals surface area contributed by atoms with E-state index in [1.54, 1.807) is 13.8 Å². The van der Waals surface area contributed by atoms with E-state index in [0.29, 0.717) is 11.1 Å². The molecule has 0 N–H and O–H groups in total. The maximum Gasteiger partial charge on any atom is 0.243 e. The summed E-state index contributed by atoms with van der Waals surface area (Å²) < 4.78 is 44.9. The molecule has 116 valence electrons. The Morgan fingerprint density at radius 2 is 1.86 bits per heavy atom. The minimum Gasteiger partial charge on any atom is -0.383 e. The molecule has 0 aliphatic heterocycles. The molecule has 21 heavy (non-hydrogen) atoms. The van der Waals surface area contributed by atoms with Gasteiger partial charge in [0.05, 0.1) is 17.6 Å². The van der Waals surface area contributed by atoms with Crippen LogP contribution in [0.5, 0.6) is 0 Å². The second-order valence-corrected chi connectivity index (χ2v) is 6.55. The Morgan fingerprint density at radius 1 is 1.29 bits per heavy atom. The summed E-state index contributed by atoms with van der Waals surface area (Å²) in [5, 5.41) is 8.67. The summed E-state index contributed by atoms with van der Waals surface area (Å²) in [6.45, 7) is 3.57. The van der Waals surface area contributed by atoms with Crippen molar-refractivity contribution in [2.45, 2.75) is 25.2 Å². The molecular weight excluding hydrogens is 295 g/mol. The van der Waals surface area contributed by atoms with Crippen molar-refractivity contribution < 1.29 is 17.5 Å². The summed E-state index contributed by atoms with van der Waals surface area (Å²) in [7, 11) is -2.31. The van der Waals surface area contributed by atoms with Crippen LogP contribution in [0, 0.1) is 31.0 Å². The van der Waals surface area contributed by atoms with E-state index in [2.05, 4.69) is 0 Å². The maximum absolute atomic E-state index is 13.3. The van der Waals surface area contributed by atoms with Crippen molar-refractivity contribution >= 4 is 10.0 Å². The summed E-state index contributed by atoms with van der Waals surface area (Å²) in [5.41, 5.74) is 0.707. The number of ether oxygens (including phenoxy) is 1. The van der Waals surface area contributed by atoms with Gasteiger partial charge >= 0.3 is 0 Å². The normalized spacial score (nSPS) is 11.6. The molecule has 7 heteroatoms. The molecule has 0 heterocycles. The molecule has 0 spiro atoms. The van der Waals surface area contributed by atoms with Crippen molar-refractivity contribution in [2.75, 3.05) is 26.8 Å². The first-order valence-electron chi connectivity index (χ1n) is 6.47. The third-order valence-electron chi connectivity index (χ3n) is 3.04. The number of sulfonamides is 1. The van der Waals surface area contributed by atoms with Crippen molar-refractivity contribution in [3.05, 3.63) is 29.1 Å². The fourth-order valence-electron chi connectivity index (χ4n) is 2.15. The highest BCUT2D eigenvalue weighted by Crippen LogP contribution is 2.25. The first-order chi connectivity index (χ1) is 9.84. The highest BCUT2D eigenvalue weighted by atomic mass is 32.2. The van der Waals surface area contributed by atoms with Crippen LogP contribution in [0.15, 0.2) is 17.0 Å². The average molecular weight is 314 g/mol. The number of nitrogens with zero attached hydrogens (tertiary/aromatic N) is 2. The van der Waals surface area contributed by atoms with E-state index in [1.165, 1.54) is 23.5 Å². The van der Waals surface area contributed by atoms with Crippen LogP contribution in [0.3, 0.4) is 0 Å². The molecule has 0 aromatic heterocycles. The van der Waals surface area contributed by atoms with Gasteiger partial charge in [-0.25, -0.2) is 12.8 Å². The number of methoxy groups -OCH3 is 1. The van der Waals surface area contributed by atoms with Crippen LogP contribution in [0.2, 0.25) is 0 Å². The largest absolute Gasteiger partial charge is 0.383 e. The summed E-state index contributed by atoms with van der Waals surface area (Å²) in [6, 6.07) is 4.32. The molecule has 1 aromatic carbocycles. The molecule has 0 saturated heterocycles. The van der Waals surface area contributed by atoms with Crippen LogP contribution in [0.4, 0.5) is 4.39 Å². The van der Waals surface area contributed by atoms with Crippen molar-refractivity contribution in [2.24, 2.45) is 0 Å². The molecule has 0 bridgehead atoms. The van der Waals surface area contributed by atoms with Crippen molar-refractivity contribution in [1.82, 2.24) is 4.31 Å². The van der Waals surface area contributed by atoms with Crippen LogP contribution in [0.1, 0.15) is 17.5 Å². The molecular formula is C14H19FN2O3S. The van der Waals surface area contributed by atoms with Gasteiger partial charge < -0.3 is 4.74 Å². The van der Waals surface area contributed by atoms with Crippen LogP contribution >= 0.6 is 0 Å². The van der Waals surface area contributed by atoms with E-state index in [0.717, 1.165) is 0 Å². The molecule has 0 saturated carbocycles. The molecule has 5 nitrogen and oxygen atoms in total. The fourth-order valence-corrected chi connectivity index (χ4v) is 3.99. The number of hydrogen-bond donors (Lipinski definition) is 0. The molecule has 1 aromatic rings. The molecule has 1 rings (SSSR count). The van der Waals surface area contributed by atoms with E-state index < -0.39 is 15.8 Å². The lowest BCUT2D eigenvalue weighted by atomic mass is 10.1. The molecule has 0 atom stereocenters. The summed E-state index contributed by atoms with van der Waals surface area (Å²) in [4.78, 5) is 0.0953. The van der Waals surface area contributed by atoms with Gasteiger partial charge in [-0.15, -0.1) is 0 Å². The fraction of sp³-hybridized carbons (Fsp3) is 0.500. The minimum absolute atomic E-state index is 0.0818. The van der Waals surface area contributed by atoms with Gasteiger partial charge in [0.1, 0.15) is 5.82 Å². The lowest BCUT2D eigenvalue weighted by Gasteiger charge is -2.23. The third kappa shape index (κ3) is 4.24. The zero-order valence-corrected chi connectivity index (χ0v) is 13.2. The van der Waals surface area contributed by atoms with Gasteiger partial charge in [-0.1, -0.05) is 0 Å². The summed E-state index contributed by atoms with van der Waals surface area (Å²) in [5.74, 6) is -0.468. The van der Waals surface area contributed by atoms with Gasteiger partial charge in [-0.3, -0.25) is 0 Å². The van der Waals surface area contributed by atoms with Crippen LogP contribution in [-0.4, -0.2) is 39.5 Å². The van der Waals surface area contributed by atoms with E-state index >= 15 is 0 Å². The Hall–Kier alpha value is -1.49. The number of benzene rings is 1. The number of halogens is 1. The quantitative estimate of drug-likeness (QED) is 0.772. The summed E-state index contributed by atoms with van der Waals surface area (Å²) in [6.07, 6.45) is 0.0855. The number of aryl methyl sites for hydroxylation is 2. The summed E-state index contributed by atoms with van der Waals surface area (Å²) >= 11 is 0. The smallest absolute Gasteiger partial charge is 0.243 e. The van der Waals surface area contributed by atoms with Crippen molar-refractivity contribution in [1.29, 1.82) is 5.26 Å². The van der Waals surface area contributed by atoms with E-state index in [-0.39, 0.29) is 31.0 Å². The highest BCUT2D eigenvalue weighted by Gasteiger charge is 2.27. The molecule has 0 unspecified atom stereocenters. The Kier molecular flexibility index (Phi) is 6.27. The van der Waals surface area contributed by atoms with Gasteiger partial charge in [0.2, 0.25) is 10.0 Å². The van der Waals surface area contributed by atoms with E-state index in [9.17, 15) is 12.8 Å². The Bertz CT molecular complexity index is 615. The molecule has 0 radical (unpaired) electrons. The first kappa shape index (κ1) is 17.6. The van der Waals surface area contributed by atoms with E-state index in [4.69, 9.17) is 10.00 Å². The number of rotatable bonds is 7. The first-order valence-corrected chi connectivity index (χ1v) is 7.91. The minimum atomic E-state index is -3.79. The van der Waals surface area contributed by atoms with Gasteiger partial charge in [-0.2, -0.15) is 9.57 Å². The SMILES string of the molecule is COCCN(CCC#N)S(=O)(=O)c1c(C)cc(F)cc1C. The zero-order valence-electron chi connectivity index (χ0n) is 12.4. The molecule has 0 fully saturated rings. The van der Waals surface area contributed by atoms with Crippen LogP contribution < -0.4 is 0 Å². The van der Waals surface area contributed by atoms with Crippen molar-refractivity contribution in [3.8, 4) is 6.07 Å². The molecule has 0 aliphatic carbocycles. The van der Waals surface area contributed by atoms with Gasteiger partial charge in [0.15, 0.2) is 0 Å². The van der Waals surface area contributed by atoms with Crippen LogP contribution in [-0.2, 0) is 14.8 Å². The maximum atomic E-state index is 13.3. The lowest BCUT2D eigenvalue weighted by Crippen LogP contribution is -2.35. The second-order valence-electron chi connectivity index (χ2n) is 4.67. The predicted octanol–water partition coefficient (Wildman–Crippen LogP) is 1.99. The average Bonchev–Trinajstić information content (AvgIpc) is 2.36. The Labute approximate surface area is 125 Å². The van der Waals surface area contributed by atoms with Crippen LogP contribution in [0.25, 0.3) is 0 Å². The van der Waals surface area contributed by atoms with Gasteiger partial charge in [0.25, 0.3) is 0 Å². The Balaban J connectivity index is 3.25. The topological polar surface area (TPSA) is 70.4 Å². The van der Waals surface area contributed by atoms with Gasteiger partial charge in [0, 0.05) is 26.6 Å². The molecule has 0 amide bonds. The lowest BCUT2D eigenvalue weighted by molar-refractivity contribution is 0.179. The third-order valence-corrected chi connectivity index (χ3v) is 5.25. The number of hydrogen-bond acceptors (Lipinski definition) is 4. The number of nitriles is 1. The monoisotopic (exact) mass is 314 g/mol. The molecule has 0 aliphatic rings.